The molecule has 122 valence electrons. The fourth-order valence-corrected chi connectivity index (χ4v) is 2.96. The summed E-state index contributed by atoms with van der Waals surface area (Å²) in [4.78, 5) is 11.8. The minimum atomic E-state index is -3.70. The van der Waals surface area contributed by atoms with Crippen LogP contribution in [0.4, 0.5) is 5.69 Å². The molecule has 0 atom stereocenters. The molecular formula is C16H16ClNO4S. The van der Waals surface area contributed by atoms with Crippen LogP contribution in [0, 0.1) is 0 Å². The van der Waals surface area contributed by atoms with E-state index in [0.29, 0.717) is 22.9 Å². The Bertz CT molecular complexity index is 771. The predicted molar refractivity (Wildman–Crippen MR) is 89.3 cm³/mol. The van der Waals surface area contributed by atoms with Gasteiger partial charge in [-0.05, 0) is 55.0 Å². The van der Waals surface area contributed by atoms with Crippen molar-refractivity contribution in [3.8, 4) is 0 Å². The van der Waals surface area contributed by atoms with Gasteiger partial charge >= 0.3 is 5.97 Å². The first-order valence-electron chi connectivity index (χ1n) is 6.98. The van der Waals surface area contributed by atoms with Crippen LogP contribution in [-0.2, 0) is 14.8 Å². The molecule has 0 saturated heterocycles. The Labute approximate surface area is 140 Å². The van der Waals surface area contributed by atoms with Crippen molar-refractivity contribution in [2.24, 2.45) is 0 Å². The summed E-state index contributed by atoms with van der Waals surface area (Å²) >= 11 is 5.75. The van der Waals surface area contributed by atoms with Crippen LogP contribution in [0.25, 0.3) is 0 Å². The molecule has 0 fully saturated rings. The first kappa shape index (κ1) is 17.3. The van der Waals surface area contributed by atoms with Gasteiger partial charge in [-0.3, -0.25) is 4.72 Å². The smallest absolute Gasteiger partial charge is 0.338 e. The molecule has 0 unspecified atom stereocenters. The number of hydrogen-bond donors (Lipinski definition) is 1. The molecule has 0 bridgehead atoms. The summed E-state index contributed by atoms with van der Waals surface area (Å²) in [6.45, 7) is 2.26. The van der Waals surface area contributed by atoms with E-state index in [1.54, 1.807) is 0 Å². The first-order chi connectivity index (χ1) is 10.9. The van der Waals surface area contributed by atoms with Crippen molar-refractivity contribution in [2.45, 2.75) is 18.2 Å². The van der Waals surface area contributed by atoms with Gasteiger partial charge in [0.2, 0.25) is 0 Å². The van der Waals surface area contributed by atoms with E-state index in [1.807, 2.05) is 6.92 Å². The monoisotopic (exact) mass is 353 g/mol. The van der Waals surface area contributed by atoms with Gasteiger partial charge in [-0.1, -0.05) is 18.5 Å². The van der Waals surface area contributed by atoms with E-state index in [0.717, 1.165) is 6.42 Å². The molecule has 7 heteroatoms. The van der Waals surface area contributed by atoms with E-state index in [9.17, 15) is 13.2 Å². The number of benzene rings is 2. The number of ether oxygens (including phenoxy) is 1. The van der Waals surface area contributed by atoms with Gasteiger partial charge in [-0.2, -0.15) is 0 Å². The highest BCUT2D eigenvalue weighted by Gasteiger charge is 2.14. The second-order valence-corrected chi connectivity index (χ2v) is 6.89. The maximum Gasteiger partial charge on any atom is 0.338 e. The van der Waals surface area contributed by atoms with Gasteiger partial charge in [0.05, 0.1) is 17.1 Å². The number of rotatable bonds is 6. The number of sulfonamides is 1. The number of esters is 1. The molecule has 23 heavy (non-hydrogen) atoms. The Morgan fingerprint density at radius 3 is 2.26 bits per heavy atom. The van der Waals surface area contributed by atoms with Crippen molar-refractivity contribution < 1.29 is 17.9 Å². The summed E-state index contributed by atoms with van der Waals surface area (Å²) in [5.74, 6) is -0.432. The van der Waals surface area contributed by atoms with Crippen molar-refractivity contribution in [3.05, 3.63) is 59.1 Å². The highest BCUT2D eigenvalue weighted by atomic mass is 35.5. The van der Waals surface area contributed by atoms with E-state index in [2.05, 4.69) is 4.72 Å². The summed E-state index contributed by atoms with van der Waals surface area (Å²) in [6, 6.07) is 11.9. The van der Waals surface area contributed by atoms with E-state index < -0.39 is 16.0 Å². The van der Waals surface area contributed by atoms with Crippen LogP contribution in [0.1, 0.15) is 23.7 Å². The molecule has 0 amide bonds. The predicted octanol–water partition coefficient (Wildman–Crippen LogP) is 3.71. The number of carbonyl (C=O) groups excluding carboxylic acids is 1. The lowest BCUT2D eigenvalue weighted by Crippen LogP contribution is -2.13. The molecule has 0 saturated carbocycles. The van der Waals surface area contributed by atoms with E-state index in [4.69, 9.17) is 16.3 Å². The van der Waals surface area contributed by atoms with E-state index >= 15 is 0 Å². The number of carbonyl (C=O) groups is 1. The Morgan fingerprint density at radius 2 is 1.70 bits per heavy atom. The highest BCUT2D eigenvalue weighted by molar-refractivity contribution is 7.92. The molecule has 0 aliphatic carbocycles. The maximum atomic E-state index is 12.2. The summed E-state index contributed by atoms with van der Waals surface area (Å²) in [7, 11) is -3.70. The number of hydrogen-bond acceptors (Lipinski definition) is 4. The third-order valence-corrected chi connectivity index (χ3v) is 4.58. The van der Waals surface area contributed by atoms with Crippen molar-refractivity contribution in [1.29, 1.82) is 0 Å². The third kappa shape index (κ3) is 4.71. The van der Waals surface area contributed by atoms with Gasteiger partial charge in [0.15, 0.2) is 0 Å². The standard InChI is InChI=1S/C16H16ClNO4S/c1-2-11-22-16(19)12-3-7-14(8-4-12)18-23(20,21)15-9-5-13(17)6-10-15/h3-10,18H,2,11H2,1H3. The number of halogens is 1. The molecule has 0 heterocycles. The van der Waals surface area contributed by atoms with Crippen molar-refractivity contribution >= 4 is 33.3 Å². The third-order valence-electron chi connectivity index (χ3n) is 2.93. The number of nitrogens with one attached hydrogen (secondary N) is 1. The summed E-state index contributed by atoms with van der Waals surface area (Å²) < 4.78 is 31.9. The molecule has 0 aromatic heterocycles. The molecule has 5 nitrogen and oxygen atoms in total. The van der Waals surface area contributed by atoms with Gasteiger partial charge in [0, 0.05) is 10.7 Å². The zero-order valence-corrected chi connectivity index (χ0v) is 14.0. The average Bonchev–Trinajstić information content (AvgIpc) is 2.53. The largest absolute Gasteiger partial charge is 0.462 e. The summed E-state index contributed by atoms with van der Waals surface area (Å²) in [6.07, 6.45) is 0.741. The van der Waals surface area contributed by atoms with E-state index in [1.165, 1.54) is 48.5 Å². The van der Waals surface area contributed by atoms with Crippen LogP contribution in [0.3, 0.4) is 0 Å². The zero-order chi connectivity index (χ0) is 16.9. The molecule has 2 rings (SSSR count). The van der Waals surface area contributed by atoms with Crippen LogP contribution in [-0.4, -0.2) is 21.0 Å². The van der Waals surface area contributed by atoms with Crippen LogP contribution in [0.5, 0.6) is 0 Å². The molecule has 0 spiro atoms. The zero-order valence-electron chi connectivity index (χ0n) is 12.5. The average molecular weight is 354 g/mol. The van der Waals surface area contributed by atoms with Crippen molar-refractivity contribution in [3.63, 3.8) is 0 Å². The van der Waals surface area contributed by atoms with Crippen LogP contribution < -0.4 is 4.72 Å². The molecule has 0 aliphatic heterocycles. The number of anilines is 1. The topological polar surface area (TPSA) is 72.5 Å². The van der Waals surface area contributed by atoms with E-state index in [-0.39, 0.29) is 4.90 Å². The minimum Gasteiger partial charge on any atom is -0.462 e. The van der Waals surface area contributed by atoms with Crippen LogP contribution >= 0.6 is 11.6 Å². The maximum absolute atomic E-state index is 12.2. The highest BCUT2D eigenvalue weighted by Crippen LogP contribution is 2.19. The molecular weight excluding hydrogens is 338 g/mol. The Kier molecular flexibility index (Phi) is 5.63. The second kappa shape index (κ2) is 7.48. The SMILES string of the molecule is CCCOC(=O)c1ccc(NS(=O)(=O)c2ccc(Cl)cc2)cc1. The van der Waals surface area contributed by atoms with Crippen molar-refractivity contribution in [2.75, 3.05) is 11.3 Å². The lowest BCUT2D eigenvalue weighted by atomic mass is 10.2. The normalized spacial score (nSPS) is 11.0. The summed E-state index contributed by atoms with van der Waals surface area (Å²) in [5, 5.41) is 0.457. The fourth-order valence-electron chi connectivity index (χ4n) is 1.78. The molecule has 1 N–H and O–H groups in total. The lowest BCUT2D eigenvalue weighted by Gasteiger charge is -2.09. The van der Waals surface area contributed by atoms with Gasteiger partial charge in [-0.25, -0.2) is 13.2 Å². The summed E-state index contributed by atoms with van der Waals surface area (Å²) in [5.41, 5.74) is 0.722. The van der Waals surface area contributed by atoms with Gasteiger partial charge in [-0.15, -0.1) is 0 Å². The van der Waals surface area contributed by atoms with Crippen molar-refractivity contribution in [1.82, 2.24) is 0 Å². The molecule has 2 aromatic rings. The van der Waals surface area contributed by atoms with Crippen LogP contribution in [0.15, 0.2) is 53.4 Å². The van der Waals surface area contributed by atoms with Gasteiger partial charge < -0.3 is 4.74 Å². The quantitative estimate of drug-likeness (QED) is 0.803. The first-order valence-corrected chi connectivity index (χ1v) is 8.84. The molecule has 2 aromatic carbocycles. The van der Waals surface area contributed by atoms with Gasteiger partial charge in [0.1, 0.15) is 0 Å². The Hall–Kier alpha value is -2.05. The van der Waals surface area contributed by atoms with Crippen LogP contribution in [0.2, 0.25) is 5.02 Å². The van der Waals surface area contributed by atoms with Gasteiger partial charge in [0.25, 0.3) is 10.0 Å². The lowest BCUT2D eigenvalue weighted by molar-refractivity contribution is 0.0505. The molecule has 0 aliphatic rings. The Balaban J connectivity index is 2.11. The molecule has 0 radical (unpaired) electrons. The Morgan fingerprint density at radius 1 is 1.09 bits per heavy atom. The fraction of sp³-hybridized carbons (Fsp3) is 0.188. The second-order valence-electron chi connectivity index (χ2n) is 4.77. The minimum absolute atomic E-state index is 0.105.